The average Bonchev–Trinajstić information content (AvgIpc) is 2.90. The zero-order valence-corrected chi connectivity index (χ0v) is 15.3. The predicted molar refractivity (Wildman–Crippen MR) is 98.2 cm³/mol. The molecule has 1 N–H and O–H groups in total. The van der Waals surface area contributed by atoms with Crippen LogP contribution < -0.4 is 9.46 Å². The number of esters is 1. The van der Waals surface area contributed by atoms with E-state index in [-0.39, 0.29) is 12.3 Å². The van der Waals surface area contributed by atoms with Gasteiger partial charge in [-0.2, -0.15) is 0 Å². The Morgan fingerprint density at radius 1 is 1.12 bits per heavy atom. The van der Waals surface area contributed by atoms with Crippen LogP contribution in [0.2, 0.25) is 0 Å². The van der Waals surface area contributed by atoms with E-state index in [1.165, 1.54) is 6.92 Å². The molecule has 0 unspecified atom stereocenters. The summed E-state index contributed by atoms with van der Waals surface area (Å²) in [5, 5.41) is 0.712. The van der Waals surface area contributed by atoms with Crippen LogP contribution >= 0.6 is 0 Å². The number of para-hydroxylation sites is 1. The fourth-order valence-corrected chi connectivity index (χ4v) is 3.84. The Hall–Kier alpha value is -2.64. The average molecular weight is 373 g/mol. The van der Waals surface area contributed by atoms with E-state index in [9.17, 15) is 13.2 Å². The third kappa shape index (κ3) is 4.12. The van der Waals surface area contributed by atoms with Crippen LogP contribution in [0.4, 0.5) is 0 Å². The number of furan rings is 1. The summed E-state index contributed by atoms with van der Waals surface area (Å²) in [4.78, 5) is 11.2. The lowest BCUT2D eigenvalue weighted by Crippen LogP contribution is -2.24. The van der Waals surface area contributed by atoms with E-state index < -0.39 is 16.0 Å². The molecule has 0 aliphatic rings. The first kappa shape index (κ1) is 18.2. The Kier molecular flexibility index (Phi) is 5.11. The standard InChI is InChI=1S/C19H19NO5S/c1-13-17(11-20-26(22,23)12-15-7-4-3-5-8-15)16-9-6-10-18(19(16)24-13)25-14(2)21/h3-10,20H,11-12H2,1-2H3. The van der Waals surface area contributed by atoms with Gasteiger partial charge in [-0.15, -0.1) is 0 Å². The second kappa shape index (κ2) is 7.31. The third-order valence-electron chi connectivity index (χ3n) is 3.91. The van der Waals surface area contributed by atoms with Gasteiger partial charge in [-0.3, -0.25) is 4.79 Å². The van der Waals surface area contributed by atoms with Crippen molar-refractivity contribution in [3.63, 3.8) is 0 Å². The van der Waals surface area contributed by atoms with Gasteiger partial charge in [-0.1, -0.05) is 42.5 Å². The summed E-state index contributed by atoms with van der Waals surface area (Å²) in [5.41, 5.74) is 1.86. The highest BCUT2D eigenvalue weighted by Gasteiger charge is 2.18. The van der Waals surface area contributed by atoms with Gasteiger partial charge in [-0.05, 0) is 18.6 Å². The van der Waals surface area contributed by atoms with Gasteiger partial charge >= 0.3 is 5.97 Å². The van der Waals surface area contributed by atoms with Crippen LogP contribution in [0.5, 0.6) is 5.75 Å². The van der Waals surface area contributed by atoms with Crippen LogP contribution in [-0.4, -0.2) is 14.4 Å². The molecule has 3 aromatic rings. The van der Waals surface area contributed by atoms with Gasteiger partial charge in [0.05, 0.1) is 5.75 Å². The molecule has 0 saturated carbocycles. The minimum atomic E-state index is -3.50. The smallest absolute Gasteiger partial charge is 0.308 e. The van der Waals surface area contributed by atoms with E-state index in [4.69, 9.17) is 9.15 Å². The lowest BCUT2D eigenvalue weighted by Gasteiger charge is -2.07. The molecule has 0 spiro atoms. The van der Waals surface area contributed by atoms with Gasteiger partial charge in [0.15, 0.2) is 11.3 Å². The topological polar surface area (TPSA) is 85.6 Å². The molecule has 0 fully saturated rings. The van der Waals surface area contributed by atoms with Crippen molar-refractivity contribution in [3.05, 3.63) is 65.4 Å². The number of hydrogen-bond acceptors (Lipinski definition) is 5. The zero-order chi connectivity index (χ0) is 18.7. The number of rotatable bonds is 6. The molecule has 0 bridgehead atoms. The third-order valence-corrected chi connectivity index (χ3v) is 5.20. The first-order valence-corrected chi connectivity index (χ1v) is 9.71. The number of carbonyl (C=O) groups is 1. The van der Waals surface area contributed by atoms with Crippen LogP contribution in [0.1, 0.15) is 23.8 Å². The molecule has 2 aromatic carbocycles. The highest BCUT2D eigenvalue weighted by Crippen LogP contribution is 2.32. The van der Waals surface area contributed by atoms with Gasteiger partial charge in [0.2, 0.25) is 10.0 Å². The molecule has 7 heteroatoms. The fraction of sp³-hybridized carbons (Fsp3) is 0.211. The molecule has 0 amide bonds. The van der Waals surface area contributed by atoms with Crippen LogP contribution in [0.15, 0.2) is 52.9 Å². The highest BCUT2D eigenvalue weighted by molar-refractivity contribution is 7.88. The summed E-state index contributed by atoms with van der Waals surface area (Å²) in [7, 11) is -3.50. The molecule has 1 heterocycles. The van der Waals surface area contributed by atoms with E-state index in [0.717, 1.165) is 0 Å². The van der Waals surface area contributed by atoms with Crippen molar-refractivity contribution in [2.24, 2.45) is 0 Å². The van der Waals surface area contributed by atoms with E-state index in [2.05, 4.69) is 4.72 Å². The number of fused-ring (bicyclic) bond motifs is 1. The summed E-state index contributed by atoms with van der Waals surface area (Å²) < 4.78 is 38.1. The number of ether oxygens (including phenoxy) is 1. The Balaban J connectivity index is 1.83. The summed E-state index contributed by atoms with van der Waals surface area (Å²) in [6.45, 7) is 3.16. The van der Waals surface area contributed by atoms with E-state index in [0.29, 0.717) is 33.6 Å². The van der Waals surface area contributed by atoms with Gasteiger partial charge in [0.1, 0.15) is 5.76 Å². The van der Waals surface area contributed by atoms with E-state index in [1.807, 2.05) is 6.07 Å². The predicted octanol–water partition coefficient (Wildman–Crippen LogP) is 3.29. The maximum absolute atomic E-state index is 12.3. The second-order valence-electron chi connectivity index (χ2n) is 5.93. The summed E-state index contributed by atoms with van der Waals surface area (Å²) in [6, 6.07) is 14.1. The number of sulfonamides is 1. The van der Waals surface area contributed by atoms with E-state index in [1.54, 1.807) is 49.4 Å². The normalized spacial score (nSPS) is 11.6. The largest absolute Gasteiger partial charge is 0.457 e. The fourth-order valence-electron chi connectivity index (χ4n) is 2.74. The lowest BCUT2D eigenvalue weighted by atomic mass is 10.1. The molecule has 26 heavy (non-hydrogen) atoms. The van der Waals surface area contributed by atoms with Crippen LogP contribution in [0.25, 0.3) is 11.0 Å². The highest BCUT2D eigenvalue weighted by atomic mass is 32.2. The minimum absolute atomic E-state index is 0.0948. The Morgan fingerprint density at radius 2 is 1.85 bits per heavy atom. The molecule has 1 aromatic heterocycles. The number of hydrogen-bond donors (Lipinski definition) is 1. The molecular formula is C19H19NO5S. The monoisotopic (exact) mass is 373 g/mol. The van der Waals surface area contributed by atoms with Crippen molar-refractivity contribution in [2.75, 3.05) is 0 Å². The molecule has 3 rings (SSSR count). The van der Waals surface area contributed by atoms with Crippen molar-refractivity contribution in [1.29, 1.82) is 0 Å². The van der Waals surface area contributed by atoms with Crippen molar-refractivity contribution in [1.82, 2.24) is 4.72 Å². The molecular weight excluding hydrogens is 354 g/mol. The summed E-state index contributed by atoms with van der Waals surface area (Å²) in [6.07, 6.45) is 0. The van der Waals surface area contributed by atoms with Crippen molar-refractivity contribution >= 4 is 27.0 Å². The maximum Gasteiger partial charge on any atom is 0.308 e. The van der Waals surface area contributed by atoms with Crippen molar-refractivity contribution in [2.45, 2.75) is 26.1 Å². The van der Waals surface area contributed by atoms with Crippen molar-refractivity contribution in [3.8, 4) is 5.75 Å². The second-order valence-corrected chi connectivity index (χ2v) is 7.74. The van der Waals surface area contributed by atoms with E-state index >= 15 is 0 Å². The Labute approximate surface area is 151 Å². The van der Waals surface area contributed by atoms with Gasteiger partial charge in [-0.25, -0.2) is 13.1 Å². The molecule has 6 nitrogen and oxygen atoms in total. The van der Waals surface area contributed by atoms with Crippen LogP contribution in [0, 0.1) is 6.92 Å². The van der Waals surface area contributed by atoms with Crippen molar-refractivity contribution < 1.29 is 22.4 Å². The van der Waals surface area contributed by atoms with Crippen LogP contribution in [0.3, 0.4) is 0 Å². The van der Waals surface area contributed by atoms with Gasteiger partial charge in [0, 0.05) is 24.4 Å². The molecule has 0 atom stereocenters. The minimum Gasteiger partial charge on any atom is -0.457 e. The van der Waals surface area contributed by atoms with Gasteiger partial charge < -0.3 is 9.15 Å². The maximum atomic E-state index is 12.3. The SMILES string of the molecule is CC(=O)Oc1cccc2c(CNS(=O)(=O)Cc3ccccc3)c(C)oc12. The number of nitrogens with one attached hydrogen (secondary N) is 1. The molecule has 0 aliphatic carbocycles. The molecule has 0 radical (unpaired) electrons. The Bertz CT molecular complexity index is 1040. The molecule has 136 valence electrons. The first-order valence-electron chi connectivity index (χ1n) is 8.06. The lowest BCUT2D eigenvalue weighted by molar-refractivity contribution is -0.131. The number of carbonyl (C=O) groups excluding carboxylic acids is 1. The number of benzene rings is 2. The Morgan fingerprint density at radius 3 is 2.54 bits per heavy atom. The molecule has 0 saturated heterocycles. The zero-order valence-electron chi connectivity index (χ0n) is 14.5. The summed E-state index contributed by atoms with van der Waals surface area (Å²) >= 11 is 0. The van der Waals surface area contributed by atoms with Gasteiger partial charge in [0.25, 0.3) is 0 Å². The van der Waals surface area contributed by atoms with Crippen LogP contribution in [-0.2, 0) is 27.1 Å². The number of aryl methyl sites for hydroxylation is 1. The first-order chi connectivity index (χ1) is 12.4. The summed E-state index contributed by atoms with van der Waals surface area (Å²) in [5.74, 6) is 0.344. The molecule has 0 aliphatic heterocycles. The quantitative estimate of drug-likeness (QED) is 0.529.